The summed E-state index contributed by atoms with van der Waals surface area (Å²) in [4.78, 5) is 20.8. The zero-order valence-corrected chi connectivity index (χ0v) is 13.2. The van der Waals surface area contributed by atoms with Gasteiger partial charge in [0, 0.05) is 12.8 Å². The molecule has 0 saturated carbocycles. The first-order valence-electron chi connectivity index (χ1n) is 6.82. The van der Waals surface area contributed by atoms with Gasteiger partial charge in [-0.3, -0.25) is 4.79 Å². The quantitative estimate of drug-likeness (QED) is 0.509. The Labute approximate surface area is 130 Å². The van der Waals surface area contributed by atoms with E-state index in [1.807, 2.05) is 31.2 Å². The zero-order chi connectivity index (χ0) is 17.0. The summed E-state index contributed by atoms with van der Waals surface area (Å²) in [7, 11) is 1.57. The van der Waals surface area contributed by atoms with Crippen LogP contribution >= 0.6 is 0 Å². The Morgan fingerprint density at radius 3 is 2.41 bits per heavy atom. The van der Waals surface area contributed by atoms with Crippen LogP contribution in [0.5, 0.6) is 0 Å². The van der Waals surface area contributed by atoms with Crippen LogP contribution in [0, 0.1) is 6.92 Å². The number of carboxylic acid groups (broad SMARTS) is 1. The highest BCUT2D eigenvalue weighted by Crippen LogP contribution is 2.14. The predicted octanol–water partition coefficient (Wildman–Crippen LogP) is 1.01. The van der Waals surface area contributed by atoms with Crippen LogP contribution in [0.2, 0.25) is 0 Å². The van der Waals surface area contributed by atoms with Crippen molar-refractivity contribution in [1.82, 2.24) is 0 Å². The van der Waals surface area contributed by atoms with Crippen molar-refractivity contribution in [1.29, 1.82) is 0 Å². The van der Waals surface area contributed by atoms with Crippen LogP contribution in [0.25, 0.3) is 0 Å². The Balaban J connectivity index is 0.000000763. The first-order valence-corrected chi connectivity index (χ1v) is 6.82. The molecule has 0 saturated heterocycles. The fourth-order valence-electron chi connectivity index (χ4n) is 1.38. The molecule has 1 rings (SSSR count). The van der Waals surface area contributed by atoms with Crippen LogP contribution in [0.15, 0.2) is 24.3 Å². The third-order valence-corrected chi connectivity index (χ3v) is 2.58. The van der Waals surface area contributed by atoms with E-state index in [1.54, 1.807) is 14.0 Å². The minimum atomic E-state index is -0.968. The van der Waals surface area contributed by atoms with E-state index in [0.717, 1.165) is 11.3 Å². The van der Waals surface area contributed by atoms with Crippen LogP contribution in [-0.2, 0) is 19.1 Å². The van der Waals surface area contributed by atoms with Gasteiger partial charge in [-0.2, -0.15) is 0 Å². The molecule has 0 unspecified atom stereocenters. The van der Waals surface area contributed by atoms with Gasteiger partial charge in [-0.05, 0) is 25.5 Å². The molecule has 0 spiro atoms. The largest absolute Gasteiger partial charge is 0.480 e. The van der Waals surface area contributed by atoms with E-state index >= 15 is 0 Å². The number of aryl methyl sites for hydroxylation is 1. The number of para-hydroxylation sites is 1. The minimum Gasteiger partial charge on any atom is -0.480 e. The number of hydrogen-bond donors (Lipinski definition) is 3. The average Bonchev–Trinajstić information content (AvgIpc) is 2.50. The van der Waals surface area contributed by atoms with Crippen molar-refractivity contribution >= 4 is 17.6 Å². The molecule has 0 aliphatic rings. The van der Waals surface area contributed by atoms with Gasteiger partial charge < -0.3 is 25.6 Å². The van der Waals surface area contributed by atoms with Gasteiger partial charge in [-0.1, -0.05) is 18.2 Å². The molecule has 0 aliphatic heterocycles. The molecule has 1 atom stereocenters. The van der Waals surface area contributed by atoms with Crippen molar-refractivity contribution in [2.24, 2.45) is 5.73 Å². The molecular weight excluding hydrogens is 288 g/mol. The van der Waals surface area contributed by atoms with Gasteiger partial charge in [0.05, 0.1) is 13.2 Å². The Morgan fingerprint density at radius 2 is 1.91 bits per heavy atom. The minimum absolute atomic E-state index is 0.273. The second-order valence-corrected chi connectivity index (χ2v) is 4.44. The van der Waals surface area contributed by atoms with Crippen molar-refractivity contribution < 1.29 is 24.2 Å². The van der Waals surface area contributed by atoms with E-state index < -0.39 is 5.97 Å². The molecule has 0 fully saturated rings. The van der Waals surface area contributed by atoms with Gasteiger partial charge in [0.25, 0.3) is 0 Å². The number of hydrogen-bond acceptors (Lipinski definition) is 6. The van der Waals surface area contributed by atoms with E-state index in [-0.39, 0.29) is 25.2 Å². The van der Waals surface area contributed by atoms with E-state index in [9.17, 15) is 9.59 Å². The van der Waals surface area contributed by atoms with E-state index in [2.05, 4.69) is 11.1 Å². The van der Waals surface area contributed by atoms with E-state index in [1.165, 1.54) is 0 Å². The third kappa shape index (κ3) is 8.93. The Bertz CT molecular complexity index is 465. The van der Waals surface area contributed by atoms with Crippen LogP contribution in [0.4, 0.5) is 5.69 Å². The molecule has 0 radical (unpaired) electrons. The van der Waals surface area contributed by atoms with Gasteiger partial charge in [0.15, 0.2) is 0 Å². The summed E-state index contributed by atoms with van der Waals surface area (Å²) in [5, 5.41) is 10.7. The topological polar surface area (TPSA) is 111 Å². The Morgan fingerprint density at radius 1 is 1.32 bits per heavy atom. The first-order chi connectivity index (χ1) is 10.4. The van der Waals surface area contributed by atoms with Gasteiger partial charge >= 0.3 is 11.9 Å². The van der Waals surface area contributed by atoms with Gasteiger partial charge in [0.2, 0.25) is 0 Å². The monoisotopic (exact) mass is 312 g/mol. The molecule has 0 aromatic heterocycles. The highest BCUT2D eigenvalue weighted by atomic mass is 16.6. The van der Waals surface area contributed by atoms with Gasteiger partial charge in [0.1, 0.15) is 12.6 Å². The normalized spacial score (nSPS) is 10.9. The molecule has 0 bridgehead atoms. The number of ether oxygens (including phenoxy) is 2. The lowest BCUT2D eigenvalue weighted by Gasteiger charge is -2.15. The van der Waals surface area contributed by atoms with Crippen LogP contribution < -0.4 is 11.1 Å². The maximum absolute atomic E-state index is 11.6. The molecule has 124 valence electrons. The standard InChI is InChI=1S/C13H19NO3.C2H5NO2/c1-10-6-4-5-7-12(10)14-11(2)13(15)17-9-8-16-3;3-1-2(4)5/h4-7,11,14H,8-9H2,1-3H3;1,3H2,(H,4,5)/t11-;/m0./s1. The summed E-state index contributed by atoms with van der Waals surface area (Å²) in [6.07, 6.45) is 0. The zero-order valence-electron chi connectivity index (χ0n) is 13.2. The molecule has 7 nitrogen and oxygen atoms in total. The van der Waals surface area contributed by atoms with Crippen molar-refractivity contribution in [2.75, 3.05) is 32.2 Å². The lowest BCUT2D eigenvalue weighted by Crippen LogP contribution is -2.29. The second-order valence-electron chi connectivity index (χ2n) is 4.44. The fraction of sp³-hybridized carbons (Fsp3) is 0.467. The molecule has 0 heterocycles. The molecule has 1 aromatic rings. The van der Waals surface area contributed by atoms with E-state index in [0.29, 0.717) is 6.61 Å². The smallest absolute Gasteiger partial charge is 0.328 e. The number of carboxylic acids is 1. The summed E-state index contributed by atoms with van der Waals surface area (Å²) in [5.41, 5.74) is 6.62. The second kappa shape index (κ2) is 11.5. The van der Waals surface area contributed by atoms with Crippen LogP contribution in [0.1, 0.15) is 12.5 Å². The SMILES string of the molecule is COCCOC(=O)[C@H](C)Nc1ccccc1C.NCC(=O)O. The molecule has 7 heteroatoms. The lowest BCUT2D eigenvalue weighted by molar-refractivity contribution is -0.145. The summed E-state index contributed by atoms with van der Waals surface area (Å²) in [5.74, 6) is -1.24. The molecule has 0 amide bonds. The van der Waals surface area contributed by atoms with Crippen LogP contribution in [0.3, 0.4) is 0 Å². The first kappa shape index (κ1) is 19.9. The molecule has 4 N–H and O–H groups in total. The van der Waals surface area contributed by atoms with Crippen molar-refractivity contribution in [3.8, 4) is 0 Å². The third-order valence-electron chi connectivity index (χ3n) is 2.58. The lowest BCUT2D eigenvalue weighted by atomic mass is 10.2. The number of benzene rings is 1. The van der Waals surface area contributed by atoms with Gasteiger partial charge in [-0.15, -0.1) is 0 Å². The summed E-state index contributed by atoms with van der Waals surface area (Å²) < 4.78 is 9.84. The summed E-state index contributed by atoms with van der Waals surface area (Å²) >= 11 is 0. The highest BCUT2D eigenvalue weighted by molar-refractivity contribution is 5.79. The van der Waals surface area contributed by atoms with Crippen molar-refractivity contribution in [2.45, 2.75) is 19.9 Å². The molecule has 1 aromatic carbocycles. The Kier molecular flexibility index (Phi) is 10.4. The number of rotatable bonds is 7. The maximum atomic E-state index is 11.6. The number of esters is 1. The van der Waals surface area contributed by atoms with Crippen LogP contribution in [-0.4, -0.2) is 50.0 Å². The van der Waals surface area contributed by atoms with E-state index in [4.69, 9.17) is 14.6 Å². The van der Waals surface area contributed by atoms with Gasteiger partial charge in [-0.25, -0.2) is 4.79 Å². The number of carbonyl (C=O) groups is 2. The number of nitrogens with two attached hydrogens (primary N) is 1. The summed E-state index contributed by atoms with van der Waals surface area (Å²) in [6, 6.07) is 7.45. The highest BCUT2D eigenvalue weighted by Gasteiger charge is 2.14. The summed E-state index contributed by atoms with van der Waals surface area (Å²) in [6.45, 7) is 4.20. The molecule has 22 heavy (non-hydrogen) atoms. The molecular formula is C15H24N2O5. The number of aliphatic carboxylic acids is 1. The maximum Gasteiger partial charge on any atom is 0.328 e. The number of methoxy groups -OCH3 is 1. The van der Waals surface area contributed by atoms with Crippen molar-refractivity contribution in [3.05, 3.63) is 29.8 Å². The Hall–Kier alpha value is -2.12. The van der Waals surface area contributed by atoms with Crippen molar-refractivity contribution in [3.63, 3.8) is 0 Å². The number of carbonyl (C=O) groups excluding carboxylic acids is 1. The number of anilines is 1. The molecule has 0 aliphatic carbocycles. The number of nitrogens with one attached hydrogen (secondary N) is 1. The fourth-order valence-corrected chi connectivity index (χ4v) is 1.38. The predicted molar refractivity (Wildman–Crippen MR) is 83.8 cm³/mol. The average molecular weight is 312 g/mol.